The zero-order chi connectivity index (χ0) is 8.31. The molecule has 0 aliphatic carbocycles. The van der Waals surface area contributed by atoms with Crippen LogP contribution < -0.4 is 0 Å². The zero-order valence-corrected chi connectivity index (χ0v) is 8.47. The SMILES string of the molecule is CC(F)C(C)C([AsH2])C(=O)O. The molecule has 60 valence electrons. The molecule has 0 amide bonds. The molecule has 4 atom stereocenters. The van der Waals surface area contributed by atoms with Gasteiger partial charge in [-0.05, 0) is 0 Å². The molecule has 0 fully saturated rings. The zero-order valence-electron chi connectivity index (χ0n) is 6.04. The first-order valence-corrected chi connectivity index (χ1v) is 4.49. The molecule has 0 aromatic rings. The summed E-state index contributed by atoms with van der Waals surface area (Å²) in [7, 11) is 0. The summed E-state index contributed by atoms with van der Waals surface area (Å²) < 4.78 is 11.9. The van der Waals surface area contributed by atoms with Crippen LogP contribution in [-0.4, -0.2) is 34.1 Å². The van der Waals surface area contributed by atoms with Gasteiger partial charge in [-0.15, -0.1) is 0 Å². The topological polar surface area (TPSA) is 37.3 Å². The molecule has 0 aromatic heterocycles. The fourth-order valence-electron chi connectivity index (χ4n) is 0.511. The molecule has 0 aliphatic rings. The monoisotopic (exact) mass is 210 g/mol. The molecule has 0 aliphatic heterocycles. The Hall–Kier alpha value is -0.0416. The van der Waals surface area contributed by atoms with E-state index in [4.69, 9.17) is 5.11 Å². The molecule has 0 bridgehead atoms. The molecular formula is C6H12AsFO2. The molecule has 4 unspecified atom stereocenters. The van der Waals surface area contributed by atoms with Crippen molar-refractivity contribution in [2.24, 2.45) is 5.92 Å². The standard InChI is InChI=1S/C6H12AsFO2/c1-3(4(2)8)5(7)6(9)10/h3-5H,7H2,1-2H3,(H,9,10). The molecule has 0 spiro atoms. The minimum atomic E-state index is -1.03. The molecule has 10 heavy (non-hydrogen) atoms. The molecule has 1 N–H and O–H groups in total. The Labute approximate surface area is 68.3 Å². The predicted molar refractivity (Wildman–Crippen MR) is 39.7 cm³/mol. The van der Waals surface area contributed by atoms with Crippen molar-refractivity contribution < 1.29 is 14.3 Å². The number of carbonyl (C=O) groups is 1. The van der Waals surface area contributed by atoms with Crippen molar-refractivity contribution >= 4 is 22.8 Å². The Morgan fingerprint density at radius 2 is 2.00 bits per heavy atom. The maximum atomic E-state index is 12.5. The van der Waals surface area contributed by atoms with Gasteiger partial charge in [0.2, 0.25) is 0 Å². The first-order chi connectivity index (χ1) is 4.46. The van der Waals surface area contributed by atoms with Crippen molar-refractivity contribution in [2.75, 3.05) is 0 Å². The van der Waals surface area contributed by atoms with Crippen LogP contribution in [0, 0.1) is 5.92 Å². The third-order valence-electron chi connectivity index (χ3n) is 1.58. The Morgan fingerprint density at radius 1 is 1.60 bits per heavy atom. The molecule has 2 nitrogen and oxygen atoms in total. The Kier molecular flexibility index (Phi) is 3.95. The number of hydrogen-bond acceptors (Lipinski definition) is 1. The van der Waals surface area contributed by atoms with E-state index in [1.54, 1.807) is 6.92 Å². The first kappa shape index (κ1) is 9.96. The van der Waals surface area contributed by atoms with Crippen LogP contribution in [0.25, 0.3) is 0 Å². The van der Waals surface area contributed by atoms with Gasteiger partial charge in [-0.2, -0.15) is 0 Å². The van der Waals surface area contributed by atoms with E-state index in [9.17, 15) is 9.18 Å². The molecule has 0 saturated carbocycles. The van der Waals surface area contributed by atoms with E-state index in [1.807, 2.05) is 0 Å². The van der Waals surface area contributed by atoms with Gasteiger partial charge in [0.1, 0.15) is 0 Å². The van der Waals surface area contributed by atoms with Crippen LogP contribution in [0.4, 0.5) is 4.39 Å². The van der Waals surface area contributed by atoms with Gasteiger partial charge in [-0.25, -0.2) is 0 Å². The Bertz CT molecular complexity index is 127. The van der Waals surface area contributed by atoms with Crippen LogP contribution in [0.1, 0.15) is 13.8 Å². The summed E-state index contributed by atoms with van der Waals surface area (Å²) in [4.78, 5) is 10.3. The minimum absolute atomic E-state index is 0.377. The molecule has 0 radical (unpaired) electrons. The van der Waals surface area contributed by atoms with Crippen molar-refractivity contribution in [1.82, 2.24) is 0 Å². The van der Waals surface area contributed by atoms with Gasteiger partial charge >= 0.3 is 67.8 Å². The van der Waals surface area contributed by atoms with Crippen LogP contribution in [-0.2, 0) is 4.79 Å². The third kappa shape index (κ3) is 2.69. The van der Waals surface area contributed by atoms with Gasteiger partial charge in [-0.1, -0.05) is 0 Å². The molecule has 0 saturated heterocycles. The number of halogens is 1. The normalized spacial score (nSPS) is 19.6. The summed E-state index contributed by atoms with van der Waals surface area (Å²) in [5.41, 5.74) is 0. The van der Waals surface area contributed by atoms with E-state index in [-0.39, 0.29) is 5.92 Å². The molecule has 4 heteroatoms. The number of hydrogen-bond donors (Lipinski definition) is 1. The quantitative estimate of drug-likeness (QED) is 0.688. The Balaban J connectivity index is 3.94. The number of carboxylic acid groups (broad SMARTS) is 1. The Morgan fingerprint density at radius 3 is 2.10 bits per heavy atom. The van der Waals surface area contributed by atoms with Crippen LogP contribution in [0.3, 0.4) is 0 Å². The molecule has 0 aromatic carbocycles. The molecule has 0 rings (SSSR count). The van der Waals surface area contributed by atoms with Crippen molar-refractivity contribution in [3.05, 3.63) is 0 Å². The fourth-order valence-corrected chi connectivity index (χ4v) is 1.15. The van der Waals surface area contributed by atoms with Gasteiger partial charge in [-0.3, -0.25) is 0 Å². The van der Waals surface area contributed by atoms with E-state index < -0.39 is 16.8 Å². The average Bonchev–Trinajstić information content (AvgIpc) is 1.84. The summed E-state index contributed by atoms with van der Waals surface area (Å²) in [5.74, 6) is -1.28. The molecular weight excluding hydrogens is 198 g/mol. The van der Waals surface area contributed by atoms with Gasteiger partial charge in [0.05, 0.1) is 0 Å². The predicted octanol–water partition coefficient (Wildman–Crippen LogP) is 0.487. The van der Waals surface area contributed by atoms with Crippen molar-refractivity contribution in [1.29, 1.82) is 0 Å². The van der Waals surface area contributed by atoms with E-state index in [0.29, 0.717) is 0 Å². The van der Waals surface area contributed by atoms with E-state index >= 15 is 0 Å². The van der Waals surface area contributed by atoms with Crippen LogP contribution >= 0.6 is 0 Å². The van der Waals surface area contributed by atoms with Crippen molar-refractivity contribution in [2.45, 2.75) is 24.7 Å². The average molecular weight is 210 g/mol. The van der Waals surface area contributed by atoms with Crippen LogP contribution in [0.15, 0.2) is 0 Å². The van der Waals surface area contributed by atoms with Crippen molar-refractivity contribution in [3.63, 3.8) is 0 Å². The van der Waals surface area contributed by atoms with E-state index in [0.717, 1.165) is 16.9 Å². The number of alkyl halides is 1. The van der Waals surface area contributed by atoms with Gasteiger partial charge in [0.15, 0.2) is 0 Å². The number of carboxylic acids is 1. The van der Waals surface area contributed by atoms with Gasteiger partial charge < -0.3 is 0 Å². The summed E-state index contributed by atoms with van der Waals surface area (Å²) in [6, 6.07) is 0. The summed E-state index contributed by atoms with van der Waals surface area (Å²) >= 11 is 1.07. The van der Waals surface area contributed by atoms with E-state index in [2.05, 4.69) is 0 Å². The second-order valence-electron chi connectivity index (χ2n) is 2.40. The molecule has 0 heterocycles. The third-order valence-corrected chi connectivity index (χ3v) is 3.45. The first-order valence-electron chi connectivity index (χ1n) is 3.09. The number of rotatable bonds is 3. The summed E-state index contributed by atoms with van der Waals surface area (Å²) in [6.07, 6.45) is -1.03. The maximum absolute atomic E-state index is 12.5. The van der Waals surface area contributed by atoms with E-state index in [1.165, 1.54) is 6.92 Å². The van der Waals surface area contributed by atoms with Crippen LogP contribution in [0.2, 0.25) is 4.71 Å². The second kappa shape index (κ2) is 3.97. The van der Waals surface area contributed by atoms with Crippen molar-refractivity contribution in [3.8, 4) is 0 Å². The van der Waals surface area contributed by atoms with Gasteiger partial charge in [0.25, 0.3) is 0 Å². The summed E-state index contributed by atoms with van der Waals surface area (Å²) in [6.45, 7) is 3.01. The van der Waals surface area contributed by atoms with Gasteiger partial charge in [0, 0.05) is 0 Å². The number of aliphatic carboxylic acids is 1. The second-order valence-corrected chi connectivity index (χ2v) is 3.91. The van der Waals surface area contributed by atoms with Crippen LogP contribution in [0.5, 0.6) is 0 Å². The summed E-state index contributed by atoms with van der Waals surface area (Å²) in [5, 5.41) is 8.45. The fraction of sp³-hybridized carbons (Fsp3) is 0.833.